The van der Waals surface area contributed by atoms with E-state index >= 15 is 0 Å². The van der Waals surface area contributed by atoms with Crippen molar-refractivity contribution in [3.63, 3.8) is 0 Å². The monoisotopic (exact) mass is 393 g/mol. The smallest absolute Gasteiger partial charge is 0.243 e. The van der Waals surface area contributed by atoms with E-state index in [1.807, 2.05) is 50.4 Å². The molecular formula is C23H27N3O3. The van der Waals surface area contributed by atoms with Gasteiger partial charge in [-0.25, -0.2) is 0 Å². The van der Waals surface area contributed by atoms with Crippen LogP contribution in [0.2, 0.25) is 0 Å². The molecule has 6 heteroatoms. The van der Waals surface area contributed by atoms with E-state index in [0.717, 1.165) is 47.1 Å². The Bertz CT molecular complexity index is 1020. The first-order chi connectivity index (χ1) is 14.0. The van der Waals surface area contributed by atoms with Crippen molar-refractivity contribution in [3.8, 4) is 0 Å². The number of carbonyl (C=O) groups excluding carboxylic acids is 2. The fourth-order valence-electron chi connectivity index (χ4n) is 3.98. The van der Waals surface area contributed by atoms with Gasteiger partial charge in [0.1, 0.15) is 11.8 Å². The van der Waals surface area contributed by atoms with E-state index in [0.29, 0.717) is 6.42 Å². The highest BCUT2D eigenvalue weighted by atomic mass is 16.3. The highest BCUT2D eigenvalue weighted by molar-refractivity contribution is 5.90. The third-order valence-corrected chi connectivity index (χ3v) is 5.62. The topological polar surface area (TPSA) is 87.1 Å². The lowest BCUT2D eigenvalue weighted by Gasteiger charge is -2.26. The molecule has 1 aliphatic carbocycles. The Morgan fingerprint density at radius 1 is 1.21 bits per heavy atom. The number of benzene rings is 1. The number of rotatable bonds is 6. The summed E-state index contributed by atoms with van der Waals surface area (Å²) in [6, 6.07) is 9.19. The maximum atomic E-state index is 13.2. The molecule has 2 atom stereocenters. The van der Waals surface area contributed by atoms with Crippen molar-refractivity contribution >= 4 is 22.7 Å². The molecule has 0 fully saturated rings. The van der Waals surface area contributed by atoms with Crippen molar-refractivity contribution in [1.82, 2.24) is 15.6 Å². The fourth-order valence-corrected chi connectivity index (χ4v) is 3.98. The lowest BCUT2D eigenvalue weighted by molar-refractivity contribution is -0.131. The predicted octanol–water partition coefficient (Wildman–Crippen LogP) is 3.64. The number of carbonyl (C=O) groups is 2. The van der Waals surface area contributed by atoms with Crippen molar-refractivity contribution < 1.29 is 14.0 Å². The highest BCUT2D eigenvalue weighted by Crippen LogP contribution is 2.30. The highest BCUT2D eigenvalue weighted by Gasteiger charge is 2.29. The minimum atomic E-state index is -0.638. The zero-order valence-corrected chi connectivity index (χ0v) is 16.8. The van der Waals surface area contributed by atoms with Crippen molar-refractivity contribution in [2.75, 3.05) is 0 Å². The number of furan rings is 1. The quantitative estimate of drug-likeness (QED) is 0.598. The van der Waals surface area contributed by atoms with E-state index < -0.39 is 6.04 Å². The first-order valence-corrected chi connectivity index (χ1v) is 10.2. The molecule has 2 amide bonds. The Morgan fingerprint density at radius 3 is 2.86 bits per heavy atom. The van der Waals surface area contributed by atoms with Gasteiger partial charge in [-0.15, -0.1) is 0 Å². The van der Waals surface area contributed by atoms with Gasteiger partial charge in [0.05, 0.1) is 12.3 Å². The molecule has 2 aromatic heterocycles. The van der Waals surface area contributed by atoms with Crippen molar-refractivity contribution in [2.24, 2.45) is 5.92 Å². The van der Waals surface area contributed by atoms with Crippen LogP contribution in [0.5, 0.6) is 0 Å². The molecule has 1 aliphatic rings. The summed E-state index contributed by atoms with van der Waals surface area (Å²) in [7, 11) is 0. The van der Waals surface area contributed by atoms with Gasteiger partial charge in [-0.2, -0.15) is 0 Å². The Balaban J connectivity index is 1.55. The zero-order chi connectivity index (χ0) is 20.4. The molecule has 1 aromatic carbocycles. The molecule has 2 heterocycles. The van der Waals surface area contributed by atoms with Crippen LogP contribution in [-0.2, 0) is 22.4 Å². The molecule has 0 saturated carbocycles. The molecule has 152 valence electrons. The molecule has 0 saturated heterocycles. The molecule has 0 bridgehead atoms. The molecule has 0 spiro atoms. The number of hydrogen-bond donors (Lipinski definition) is 3. The van der Waals surface area contributed by atoms with Crippen molar-refractivity contribution in [2.45, 2.75) is 51.6 Å². The fraction of sp³-hybridized carbons (Fsp3) is 0.391. The van der Waals surface area contributed by atoms with Gasteiger partial charge in [0.25, 0.3) is 0 Å². The first kappa shape index (κ1) is 19.3. The van der Waals surface area contributed by atoms with Gasteiger partial charge in [0, 0.05) is 41.4 Å². The minimum absolute atomic E-state index is 0.0774. The minimum Gasteiger partial charge on any atom is -0.469 e. The van der Waals surface area contributed by atoms with Crippen LogP contribution in [0.4, 0.5) is 0 Å². The van der Waals surface area contributed by atoms with Crippen LogP contribution in [0.25, 0.3) is 10.9 Å². The van der Waals surface area contributed by atoms with Gasteiger partial charge in [-0.3, -0.25) is 9.59 Å². The van der Waals surface area contributed by atoms with Gasteiger partial charge >= 0.3 is 0 Å². The molecule has 29 heavy (non-hydrogen) atoms. The summed E-state index contributed by atoms with van der Waals surface area (Å²) in [6.45, 7) is 3.66. The average Bonchev–Trinajstić information content (AvgIpc) is 3.35. The van der Waals surface area contributed by atoms with E-state index in [4.69, 9.17) is 4.42 Å². The molecule has 3 aromatic rings. The van der Waals surface area contributed by atoms with E-state index in [1.54, 1.807) is 6.26 Å². The maximum absolute atomic E-state index is 13.2. The number of aryl methyl sites for hydroxylation is 1. The van der Waals surface area contributed by atoms with Crippen LogP contribution in [0.3, 0.4) is 0 Å². The number of H-pyrrole nitrogens is 1. The van der Waals surface area contributed by atoms with E-state index in [1.165, 1.54) is 0 Å². The number of aromatic amines is 1. The lowest BCUT2D eigenvalue weighted by atomic mass is 9.93. The van der Waals surface area contributed by atoms with Crippen molar-refractivity contribution in [3.05, 3.63) is 59.7 Å². The van der Waals surface area contributed by atoms with Crippen LogP contribution in [0.15, 0.2) is 47.2 Å². The van der Waals surface area contributed by atoms with Gasteiger partial charge < -0.3 is 20.0 Å². The van der Waals surface area contributed by atoms with Crippen molar-refractivity contribution in [1.29, 1.82) is 0 Å². The number of aromatic nitrogens is 1. The summed E-state index contributed by atoms with van der Waals surface area (Å²) in [5.41, 5.74) is 3.08. The number of amides is 2. The van der Waals surface area contributed by atoms with Gasteiger partial charge in [-0.05, 0) is 30.5 Å². The Hall–Kier alpha value is -3.02. The van der Waals surface area contributed by atoms with Gasteiger partial charge in [0.2, 0.25) is 11.8 Å². The molecule has 6 nitrogen and oxygen atoms in total. The second-order valence-corrected chi connectivity index (χ2v) is 8.03. The summed E-state index contributed by atoms with van der Waals surface area (Å²) < 4.78 is 5.53. The Morgan fingerprint density at radius 2 is 2.03 bits per heavy atom. The predicted molar refractivity (Wildman–Crippen MR) is 111 cm³/mol. The van der Waals surface area contributed by atoms with E-state index in [9.17, 15) is 9.59 Å². The third-order valence-electron chi connectivity index (χ3n) is 5.62. The van der Waals surface area contributed by atoms with Crippen LogP contribution in [0.1, 0.15) is 49.6 Å². The largest absolute Gasteiger partial charge is 0.469 e. The van der Waals surface area contributed by atoms with Gasteiger partial charge in [-0.1, -0.05) is 32.0 Å². The molecule has 4 rings (SSSR count). The SMILES string of the molecule is CC(C)C(=O)NC(Cc1c[nH]c2ccccc12)C(=O)NC1CCCc2occc21. The van der Waals surface area contributed by atoms with Gasteiger partial charge in [0.15, 0.2) is 0 Å². The molecule has 0 aliphatic heterocycles. The summed E-state index contributed by atoms with van der Waals surface area (Å²) in [5.74, 6) is 0.463. The molecular weight excluding hydrogens is 366 g/mol. The summed E-state index contributed by atoms with van der Waals surface area (Å²) in [4.78, 5) is 28.8. The summed E-state index contributed by atoms with van der Waals surface area (Å²) >= 11 is 0. The third kappa shape index (κ3) is 4.06. The average molecular weight is 393 g/mol. The number of hydrogen-bond acceptors (Lipinski definition) is 3. The first-order valence-electron chi connectivity index (χ1n) is 10.2. The van der Waals surface area contributed by atoms with Crippen LogP contribution >= 0.6 is 0 Å². The zero-order valence-electron chi connectivity index (χ0n) is 16.8. The normalized spacial score (nSPS) is 17.1. The second-order valence-electron chi connectivity index (χ2n) is 8.03. The van der Waals surface area contributed by atoms with Crippen LogP contribution < -0.4 is 10.6 Å². The van der Waals surface area contributed by atoms with E-state index in [2.05, 4.69) is 15.6 Å². The number of fused-ring (bicyclic) bond motifs is 2. The lowest BCUT2D eigenvalue weighted by Crippen LogP contribution is -2.50. The maximum Gasteiger partial charge on any atom is 0.243 e. The Kier molecular flexibility index (Phi) is 5.43. The molecule has 2 unspecified atom stereocenters. The Labute approximate surface area is 170 Å². The standard InChI is InChI=1S/C23H27N3O3/c1-14(2)22(27)26-20(12-15-13-24-18-7-4-3-6-16(15)18)23(28)25-19-8-5-9-21-17(19)10-11-29-21/h3-4,6-7,10-11,13-14,19-20,24H,5,8-9,12H2,1-2H3,(H,25,28)(H,26,27). The summed E-state index contributed by atoms with van der Waals surface area (Å²) in [5, 5.41) is 7.15. The number of para-hydroxylation sites is 1. The second kappa shape index (κ2) is 8.15. The summed E-state index contributed by atoms with van der Waals surface area (Å²) in [6.07, 6.45) is 6.77. The van der Waals surface area contributed by atoms with Crippen LogP contribution in [0, 0.1) is 5.92 Å². The molecule has 0 radical (unpaired) electrons. The van der Waals surface area contributed by atoms with Crippen LogP contribution in [-0.4, -0.2) is 22.8 Å². The van der Waals surface area contributed by atoms with E-state index in [-0.39, 0.29) is 23.8 Å². The molecule has 3 N–H and O–H groups in total. The number of nitrogens with one attached hydrogen (secondary N) is 3.